The third-order valence-electron chi connectivity index (χ3n) is 3.86. The number of carbonyl (C=O) groups excluding carboxylic acids is 2. The lowest BCUT2D eigenvalue weighted by atomic mass is 10.1. The summed E-state index contributed by atoms with van der Waals surface area (Å²) in [6, 6.07) is 12.7. The molecule has 142 valence electrons. The Morgan fingerprint density at radius 2 is 1.81 bits per heavy atom. The molecule has 0 saturated carbocycles. The molecule has 2 rings (SSSR count). The molecule has 0 saturated heterocycles. The Labute approximate surface area is 158 Å². The van der Waals surface area contributed by atoms with Crippen molar-refractivity contribution in [1.82, 2.24) is 0 Å². The fraction of sp³-hybridized carbons (Fsp3) is 0.238. The molecule has 0 spiro atoms. The van der Waals surface area contributed by atoms with Crippen molar-refractivity contribution in [3.63, 3.8) is 0 Å². The first-order valence-electron chi connectivity index (χ1n) is 8.68. The van der Waals surface area contributed by atoms with E-state index in [1.165, 1.54) is 6.08 Å². The van der Waals surface area contributed by atoms with E-state index in [0.717, 1.165) is 11.1 Å². The second-order valence-corrected chi connectivity index (χ2v) is 5.99. The van der Waals surface area contributed by atoms with Gasteiger partial charge in [0.1, 0.15) is 12.4 Å². The summed E-state index contributed by atoms with van der Waals surface area (Å²) >= 11 is 0. The number of ether oxygens (including phenoxy) is 1. The lowest BCUT2D eigenvalue weighted by Crippen LogP contribution is -2.12. The molecule has 0 radical (unpaired) electrons. The van der Waals surface area contributed by atoms with Gasteiger partial charge in [0.25, 0.3) is 0 Å². The number of benzene rings is 2. The number of hydrogen-bond acceptors (Lipinski definition) is 4. The third kappa shape index (κ3) is 6.60. The van der Waals surface area contributed by atoms with E-state index in [-0.39, 0.29) is 25.0 Å². The highest BCUT2D eigenvalue weighted by molar-refractivity contribution is 5.98. The molecule has 0 aliphatic carbocycles. The normalized spacial score (nSPS) is 10.1. The Morgan fingerprint density at radius 1 is 1.11 bits per heavy atom. The van der Waals surface area contributed by atoms with Crippen LogP contribution in [0.5, 0.6) is 5.75 Å². The predicted molar refractivity (Wildman–Crippen MR) is 106 cm³/mol. The molecule has 3 N–H and O–H groups in total. The number of amides is 2. The molecule has 6 nitrogen and oxygen atoms in total. The van der Waals surface area contributed by atoms with Gasteiger partial charge in [-0.05, 0) is 60.9 Å². The molecule has 2 aromatic carbocycles. The van der Waals surface area contributed by atoms with Gasteiger partial charge in [-0.3, -0.25) is 9.59 Å². The Hall–Kier alpha value is -3.12. The van der Waals surface area contributed by atoms with Crippen molar-refractivity contribution in [2.75, 3.05) is 23.8 Å². The van der Waals surface area contributed by atoms with Gasteiger partial charge in [0.05, 0.1) is 6.61 Å². The van der Waals surface area contributed by atoms with Crippen LogP contribution in [0.3, 0.4) is 0 Å². The summed E-state index contributed by atoms with van der Waals surface area (Å²) in [6.07, 6.45) is 2.16. The molecule has 27 heavy (non-hydrogen) atoms. The van der Waals surface area contributed by atoms with Crippen LogP contribution in [0.1, 0.15) is 17.5 Å². The fourth-order valence-corrected chi connectivity index (χ4v) is 2.47. The topological polar surface area (TPSA) is 87.7 Å². The van der Waals surface area contributed by atoms with Crippen molar-refractivity contribution in [1.29, 1.82) is 0 Å². The van der Waals surface area contributed by atoms with Crippen LogP contribution in [-0.4, -0.2) is 30.1 Å². The molecule has 0 unspecified atom stereocenters. The van der Waals surface area contributed by atoms with Gasteiger partial charge in [-0.15, -0.1) is 0 Å². The van der Waals surface area contributed by atoms with Crippen LogP contribution in [0.25, 0.3) is 0 Å². The first-order chi connectivity index (χ1) is 13.0. The van der Waals surface area contributed by atoms with E-state index in [4.69, 9.17) is 9.84 Å². The molecule has 0 bridgehead atoms. The van der Waals surface area contributed by atoms with E-state index in [9.17, 15) is 9.59 Å². The Morgan fingerprint density at radius 3 is 2.44 bits per heavy atom. The van der Waals surface area contributed by atoms with E-state index in [2.05, 4.69) is 17.2 Å². The molecule has 0 aliphatic heterocycles. The number of nitrogens with one attached hydrogen (secondary N) is 2. The maximum Gasteiger partial charge on any atom is 0.247 e. The van der Waals surface area contributed by atoms with Gasteiger partial charge in [-0.2, -0.15) is 0 Å². The van der Waals surface area contributed by atoms with Crippen molar-refractivity contribution < 1.29 is 19.4 Å². The number of hydrogen-bond donors (Lipinski definition) is 3. The molecular weight excluding hydrogens is 344 g/mol. The Bertz CT molecular complexity index is 800. The fourth-order valence-electron chi connectivity index (χ4n) is 2.47. The lowest BCUT2D eigenvalue weighted by molar-refractivity contribution is -0.116. The zero-order valence-electron chi connectivity index (χ0n) is 15.3. The minimum atomic E-state index is -0.259. The number of aliphatic hydroxyl groups excluding tert-OH is 1. The summed E-state index contributed by atoms with van der Waals surface area (Å²) < 4.78 is 5.40. The van der Waals surface area contributed by atoms with Crippen LogP contribution in [0, 0.1) is 6.92 Å². The van der Waals surface area contributed by atoms with Gasteiger partial charge >= 0.3 is 0 Å². The van der Waals surface area contributed by atoms with Crippen LogP contribution < -0.4 is 15.4 Å². The van der Waals surface area contributed by atoms with E-state index >= 15 is 0 Å². The van der Waals surface area contributed by atoms with Gasteiger partial charge in [0, 0.05) is 17.8 Å². The maximum absolute atomic E-state index is 12.2. The summed E-state index contributed by atoms with van der Waals surface area (Å²) in [4.78, 5) is 23.4. The van der Waals surface area contributed by atoms with Crippen LogP contribution in [0.15, 0.2) is 55.1 Å². The van der Waals surface area contributed by atoms with Crippen molar-refractivity contribution >= 4 is 23.2 Å². The largest absolute Gasteiger partial charge is 0.491 e. The monoisotopic (exact) mass is 368 g/mol. The average molecular weight is 368 g/mol. The summed E-state index contributed by atoms with van der Waals surface area (Å²) in [5.74, 6) is 0.346. The number of aliphatic hydroxyl groups is 1. The third-order valence-corrected chi connectivity index (χ3v) is 3.86. The smallest absolute Gasteiger partial charge is 0.247 e. The minimum Gasteiger partial charge on any atom is -0.491 e. The van der Waals surface area contributed by atoms with Crippen LogP contribution in [-0.2, 0) is 16.0 Å². The molecule has 2 aromatic rings. The molecular formula is C21H24N2O4. The predicted octanol–water partition coefficient (Wildman–Crippen LogP) is 3.06. The molecule has 6 heteroatoms. The van der Waals surface area contributed by atoms with Gasteiger partial charge in [-0.25, -0.2) is 0 Å². The van der Waals surface area contributed by atoms with Crippen LogP contribution in [0.2, 0.25) is 0 Å². The summed E-state index contributed by atoms with van der Waals surface area (Å²) in [6.45, 7) is 5.49. The Kier molecular flexibility index (Phi) is 7.58. The molecule has 0 aromatic heterocycles. The van der Waals surface area contributed by atoms with E-state index in [1.807, 2.05) is 25.1 Å². The zero-order chi connectivity index (χ0) is 19.6. The summed E-state index contributed by atoms with van der Waals surface area (Å²) in [5, 5.41) is 14.4. The van der Waals surface area contributed by atoms with Gasteiger partial charge in [-0.1, -0.05) is 18.7 Å². The molecule has 0 atom stereocenters. The number of anilines is 2. The first-order valence-corrected chi connectivity index (χ1v) is 8.68. The average Bonchev–Trinajstić information content (AvgIpc) is 2.66. The second kappa shape index (κ2) is 10.1. The van der Waals surface area contributed by atoms with Gasteiger partial charge in [0.15, 0.2) is 0 Å². The van der Waals surface area contributed by atoms with Crippen molar-refractivity contribution in [3.8, 4) is 5.75 Å². The summed E-state index contributed by atoms with van der Waals surface area (Å²) in [5.41, 5.74) is 3.28. The highest BCUT2D eigenvalue weighted by atomic mass is 16.5. The quantitative estimate of drug-likeness (QED) is 0.594. The standard InChI is InChI=1S/C21H24N2O4/c1-3-20(25)22-17-7-4-16(5-8-17)6-11-21(26)23-18-9-10-19(15(2)14-18)27-13-12-24/h3-5,7-10,14,24H,1,6,11-13H2,2H3,(H,22,25)(H,23,26). The molecule has 2 amide bonds. The zero-order valence-corrected chi connectivity index (χ0v) is 15.3. The second-order valence-electron chi connectivity index (χ2n) is 5.99. The van der Waals surface area contributed by atoms with E-state index < -0.39 is 0 Å². The highest BCUT2D eigenvalue weighted by Gasteiger charge is 2.06. The number of aryl methyl sites for hydroxylation is 2. The van der Waals surface area contributed by atoms with Crippen LogP contribution >= 0.6 is 0 Å². The first kappa shape index (κ1) is 20.2. The van der Waals surface area contributed by atoms with Gasteiger partial charge in [0.2, 0.25) is 11.8 Å². The van der Waals surface area contributed by atoms with Gasteiger partial charge < -0.3 is 20.5 Å². The summed E-state index contributed by atoms with van der Waals surface area (Å²) in [7, 11) is 0. The lowest BCUT2D eigenvalue weighted by Gasteiger charge is -2.11. The van der Waals surface area contributed by atoms with E-state index in [0.29, 0.717) is 30.0 Å². The van der Waals surface area contributed by atoms with Crippen molar-refractivity contribution in [3.05, 3.63) is 66.2 Å². The number of rotatable bonds is 9. The van der Waals surface area contributed by atoms with Crippen LogP contribution in [0.4, 0.5) is 11.4 Å². The minimum absolute atomic E-state index is 0.0421. The Balaban J connectivity index is 1.84. The molecule has 0 fully saturated rings. The SMILES string of the molecule is C=CC(=O)Nc1ccc(CCC(=O)Nc2ccc(OCCO)c(C)c2)cc1. The van der Waals surface area contributed by atoms with E-state index in [1.54, 1.807) is 24.3 Å². The van der Waals surface area contributed by atoms with Crippen molar-refractivity contribution in [2.45, 2.75) is 19.8 Å². The molecule has 0 aliphatic rings. The van der Waals surface area contributed by atoms with Crippen molar-refractivity contribution in [2.24, 2.45) is 0 Å². The maximum atomic E-state index is 12.2. The molecule has 0 heterocycles. The number of carbonyl (C=O) groups is 2. The highest BCUT2D eigenvalue weighted by Crippen LogP contribution is 2.22.